The Hall–Kier alpha value is 0. The van der Waals surface area contributed by atoms with E-state index in [9.17, 15) is 0 Å². The molecule has 2 fully saturated rings. The van der Waals surface area contributed by atoms with Crippen LogP contribution in [0.3, 0.4) is 0 Å². The Kier molecular flexibility index (Phi) is 18.5. The molecule has 16 atom stereocenters. The number of rotatable bonds is 25. The summed E-state index contributed by atoms with van der Waals surface area (Å²) in [6.45, 7) is 48.5. The van der Waals surface area contributed by atoms with E-state index in [0.29, 0.717) is 10.8 Å². The monoisotopic (exact) mass is 699 g/mol. The summed E-state index contributed by atoms with van der Waals surface area (Å²) in [7, 11) is 0. The van der Waals surface area contributed by atoms with E-state index in [0.717, 1.165) is 101 Å². The minimum absolute atomic E-state index is 0.598. The second-order valence-electron chi connectivity index (χ2n) is 22.4. The van der Waals surface area contributed by atoms with Crippen LogP contribution in [0.5, 0.6) is 0 Å². The zero-order valence-corrected chi connectivity index (χ0v) is 38.3. The minimum Gasteiger partial charge on any atom is -0.0628 e. The molecule has 2 aliphatic carbocycles. The quantitative estimate of drug-likeness (QED) is 0.0890. The number of hydrogen-bond donors (Lipinski definition) is 0. The van der Waals surface area contributed by atoms with Gasteiger partial charge in [-0.25, -0.2) is 0 Å². The molecule has 0 bridgehead atoms. The van der Waals surface area contributed by atoms with Gasteiger partial charge in [-0.3, -0.25) is 0 Å². The number of hydrogen-bond acceptors (Lipinski definition) is 0. The molecule has 2 saturated carbocycles. The van der Waals surface area contributed by atoms with Crippen LogP contribution in [0.1, 0.15) is 209 Å². The Morgan fingerprint density at radius 3 is 1.38 bits per heavy atom. The molecule has 0 aromatic rings. The van der Waals surface area contributed by atoms with E-state index in [-0.39, 0.29) is 0 Å². The fourth-order valence-corrected chi connectivity index (χ4v) is 11.8. The maximum Gasteiger partial charge on any atom is -0.0292 e. The first-order chi connectivity index (χ1) is 23.1. The highest BCUT2D eigenvalue weighted by molar-refractivity contribution is 5.00. The van der Waals surface area contributed by atoms with Crippen molar-refractivity contribution in [1.29, 1.82) is 0 Å². The molecule has 0 aromatic carbocycles. The summed E-state index contributed by atoms with van der Waals surface area (Å²) in [5.74, 6) is 14.1. The predicted molar refractivity (Wildman–Crippen MR) is 227 cm³/mol. The van der Waals surface area contributed by atoms with Crippen molar-refractivity contribution in [2.45, 2.75) is 209 Å². The highest BCUT2D eigenvalue weighted by atomic mass is 14.6. The molecule has 2 aliphatic rings. The smallest absolute Gasteiger partial charge is 0.0292 e. The molecule has 298 valence electrons. The normalized spacial score (nSPS) is 29.1. The van der Waals surface area contributed by atoms with E-state index in [1.54, 1.807) is 0 Å². The topological polar surface area (TPSA) is 0 Å². The molecule has 0 spiro atoms. The van der Waals surface area contributed by atoms with E-state index in [1.165, 1.54) is 77.0 Å². The predicted octanol–water partition coefficient (Wildman–Crippen LogP) is 16.5. The van der Waals surface area contributed by atoms with Crippen molar-refractivity contribution in [3.8, 4) is 0 Å². The highest BCUT2D eigenvalue weighted by Gasteiger charge is 2.51. The highest BCUT2D eigenvalue weighted by Crippen LogP contribution is 2.60. The van der Waals surface area contributed by atoms with Crippen LogP contribution >= 0.6 is 0 Å². The summed E-state index contributed by atoms with van der Waals surface area (Å²) >= 11 is 0. The third kappa shape index (κ3) is 12.8. The molecule has 0 heteroatoms. The Bertz CT molecular complexity index is 924. The van der Waals surface area contributed by atoms with Crippen molar-refractivity contribution in [3.05, 3.63) is 0 Å². The van der Waals surface area contributed by atoms with Gasteiger partial charge in [0.05, 0.1) is 0 Å². The lowest BCUT2D eigenvalue weighted by atomic mass is 9.56. The van der Waals surface area contributed by atoms with Crippen molar-refractivity contribution in [2.75, 3.05) is 0 Å². The molecule has 0 saturated heterocycles. The zero-order valence-electron chi connectivity index (χ0n) is 38.3. The van der Waals surface area contributed by atoms with Crippen molar-refractivity contribution in [2.24, 2.45) is 111 Å². The van der Waals surface area contributed by atoms with Gasteiger partial charge in [-0.1, -0.05) is 176 Å². The van der Waals surface area contributed by atoms with Gasteiger partial charge in [0.15, 0.2) is 0 Å². The largest absolute Gasteiger partial charge is 0.0628 e. The molecule has 2 rings (SSSR count). The van der Waals surface area contributed by atoms with Crippen LogP contribution in [0.25, 0.3) is 0 Å². The SMILES string of the molecule is CC(C)CCC(C)C(C)C(C)C(C)C(C)C(C)C(C)C(C)C(C)CC1(C)CC1CC(C)CCC(C)CCC(C)C(C(C)C)C(C)C1(C)CCC1. The van der Waals surface area contributed by atoms with Gasteiger partial charge in [0.1, 0.15) is 0 Å². The van der Waals surface area contributed by atoms with E-state index >= 15 is 0 Å². The average molecular weight is 699 g/mol. The second-order valence-corrected chi connectivity index (χ2v) is 22.4. The van der Waals surface area contributed by atoms with Crippen molar-refractivity contribution >= 4 is 0 Å². The molecule has 0 nitrogen and oxygen atoms in total. The second kappa shape index (κ2) is 20.1. The summed E-state index contributed by atoms with van der Waals surface area (Å²) < 4.78 is 0. The van der Waals surface area contributed by atoms with Crippen molar-refractivity contribution < 1.29 is 0 Å². The molecule has 16 unspecified atom stereocenters. The van der Waals surface area contributed by atoms with Crippen molar-refractivity contribution in [1.82, 2.24) is 0 Å². The van der Waals surface area contributed by atoms with Crippen LogP contribution in [-0.4, -0.2) is 0 Å². The molecular formula is C50H98. The zero-order chi connectivity index (χ0) is 38.3. The summed E-state index contributed by atoms with van der Waals surface area (Å²) in [6.07, 6.45) is 17.3. The molecule has 0 N–H and O–H groups in total. The Morgan fingerprint density at radius 1 is 0.480 bits per heavy atom. The Morgan fingerprint density at radius 2 is 0.920 bits per heavy atom. The lowest BCUT2D eigenvalue weighted by Gasteiger charge is -2.49. The lowest BCUT2D eigenvalue weighted by Crippen LogP contribution is -2.41. The van der Waals surface area contributed by atoms with Gasteiger partial charge in [-0.15, -0.1) is 0 Å². The van der Waals surface area contributed by atoms with E-state index in [2.05, 4.69) is 132 Å². The fourth-order valence-electron chi connectivity index (χ4n) is 11.8. The Labute approximate surface area is 319 Å². The third-order valence-electron chi connectivity index (χ3n) is 17.9. The average Bonchev–Trinajstić information content (AvgIpc) is 3.67. The Balaban J connectivity index is 1.78. The summed E-state index contributed by atoms with van der Waals surface area (Å²) in [4.78, 5) is 0. The minimum atomic E-state index is 0.598. The molecule has 0 aromatic heterocycles. The maximum absolute atomic E-state index is 2.65. The van der Waals surface area contributed by atoms with Gasteiger partial charge >= 0.3 is 0 Å². The molecule has 0 aliphatic heterocycles. The van der Waals surface area contributed by atoms with Crippen LogP contribution in [0, 0.1) is 111 Å². The van der Waals surface area contributed by atoms with Gasteiger partial charge < -0.3 is 0 Å². The molecule has 0 heterocycles. The first-order valence-corrected chi connectivity index (χ1v) is 23.1. The van der Waals surface area contributed by atoms with E-state index in [4.69, 9.17) is 0 Å². The van der Waals surface area contributed by atoms with Crippen LogP contribution in [-0.2, 0) is 0 Å². The fraction of sp³-hybridized carbons (Fsp3) is 1.00. The van der Waals surface area contributed by atoms with E-state index in [1.807, 2.05) is 0 Å². The summed E-state index contributed by atoms with van der Waals surface area (Å²) in [5.41, 5.74) is 1.22. The first kappa shape index (κ1) is 46.2. The standard InChI is InChI=1S/C50H98/c1-32(2)21-25-36(7)39(10)41(12)43(14)45(16)44(15)42(13)40(11)38(9)30-50(19)31-47(50)29-35(6)23-22-34(5)24-26-37(8)48(33(3)4)46(17)49(18)27-20-28-49/h32-48H,20-31H2,1-19H3. The van der Waals surface area contributed by atoms with Crippen LogP contribution in [0.2, 0.25) is 0 Å². The van der Waals surface area contributed by atoms with Crippen LogP contribution in [0.4, 0.5) is 0 Å². The van der Waals surface area contributed by atoms with Gasteiger partial charge in [0.25, 0.3) is 0 Å². The van der Waals surface area contributed by atoms with Crippen molar-refractivity contribution in [3.63, 3.8) is 0 Å². The molecule has 50 heavy (non-hydrogen) atoms. The molecule has 0 amide bonds. The van der Waals surface area contributed by atoms with Gasteiger partial charge in [-0.2, -0.15) is 0 Å². The van der Waals surface area contributed by atoms with Gasteiger partial charge in [0, 0.05) is 0 Å². The summed E-state index contributed by atoms with van der Waals surface area (Å²) in [6, 6.07) is 0. The molecule has 0 radical (unpaired) electrons. The first-order valence-electron chi connectivity index (χ1n) is 23.1. The van der Waals surface area contributed by atoms with E-state index < -0.39 is 0 Å². The van der Waals surface area contributed by atoms with Crippen LogP contribution < -0.4 is 0 Å². The molecular weight excluding hydrogens is 601 g/mol. The third-order valence-corrected chi connectivity index (χ3v) is 17.9. The van der Waals surface area contributed by atoms with Gasteiger partial charge in [0.2, 0.25) is 0 Å². The summed E-state index contributed by atoms with van der Waals surface area (Å²) in [5, 5.41) is 0. The lowest BCUT2D eigenvalue weighted by molar-refractivity contribution is 0.00356. The maximum atomic E-state index is 2.65. The van der Waals surface area contributed by atoms with Crippen LogP contribution in [0.15, 0.2) is 0 Å². The van der Waals surface area contributed by atoms with Gasteiger partial charge in [-0.05, 0) is 144 Å².